The first-order chi connectivity index (χ1) is 17.4. The smallest absolute Gasteiger partial charge is 0.326 e. The van der Waals surface area contributed by atoms with Crippen molar-refractivity contribution < 1.29 is 34.2 Å². The van der Waals surface area contributed by atoms with Crippen molar-refractivity contribution >= 4 is 29.7 Å². The van der Waals surface area contributed by atoms with Crippen LogP contribution in [0.5, 0.6) is 0 Å². The molecule has 4 unspecified atom stereocenters. The number of hydrogen-bond donors (Lipinski definition) is 8. The fourth-order valence-electron chi connectivity index (χ4n) is 3.54. The molecule has 4 atom stereocenters. The fraction of sp³-hybridized carbons (Fsp3) is 0.652. The lowest BCUT2D eigenvalue weighted by Gasteiger charge is -2.26. The number of rotatable bonds is 18. The summed E-state index contributed by atoms with van der Waals surface area (Å²) >= 11 is 0. The number of imidazole rings is 1. The number of carbonyl (C=O) groups excluding carboxylic acids is 3. The summed E-state index contributed by atoms with van der Waals surface area (Å²) in [6.45, 7) is 4.09. The van der Waals surface area contributed by atoms with Crippen molar-refractivity contribution in [1.29, 1.82) is 0 Å². The van der Waals surface area contributed by atoms with Crippen LogP contribution in [0, 0.1) is 5.92 Å². The summed E-state index contributed by atoms with van der Waals surface area (Å²) < 4.78 is 0. The van der Waals surface area contributed by atoms with Gasteiger partial charge in [0.25, 0.3) is 0 Å². The molecule has 208 valence electrons. The Morgan fingerprint density at radius 2 is 1.57 bits per heavy atom. The van der Waals surface area contributed by atoms with E-state index in [9.17, 15) is 29.1 Å². The highest BCUT2D eigenvalue weighted by atomic mass is 16.4. The minimum Gasteiger partial charge on any atom is -0.481 e. The molecule has 14 heteroatoms. The topological polar surface area (TPSA) is 243 Å². The third kappa shape index (κ3) is 12.3. The van der Waals surface area contributed by atoms with Gasteiger partial charge in [-0.25, -0.2) is 9.78 Å². The van der Waals surface area contributed by atoms with Crippen LogP contribution in [0.3, 0.4) is 0 Å². The van der Waals surface area contributed by atoms with Gasteiger partial charge in [0.1, 0.15) is 18.1 Å². The Hall–Kier alpha value is -3.52. The molecule has 0 aliphatic heterocycles. The molecule has 37 heavy (non-hydrogen) atoms. The van der Waals surface area contributed by atoms with Crippen LogP contribution < -0.4 is 27.4 Å². The van der Waals surface area contributed by atoms with E-state index in [0.29, 0.717) is 25.1 Å². The molecule has 3 amide bonds. The molecule has 0 aliphatic rings. The molecule has 14 nitrogen and oxygen atoms in total. The molecule has 0 bridgehead atoms. The van der Waals surface area contributed by atoms with E-state index in [-0.39, 0.29) is 31.6 Å². The summed E-state index contributed by atoms with van der Waals surface area (Å²) in [5.74, 6) is -4.53. The molecule has 0 saturated carbocycles. The van der Waals surface area contributed by atoms with E-state index in [0.717, 1.165) is 0 Å². The Labute approximate surface area is 215 Å². The lowest BCUT2D eigenvalue weighted by molar-refractivity contribution is -0.143. The van der Waals surface area contributed by atoms with Crippen LogP contribution in [-0.4, -0.2) is 80.6 Å². The molecule has 0 fully saturated rings. The van der Waals surface area contributed by atoms with Crippen LogP contribution in [0.15, 0.2) is 12.5 Å². The zero-order valence-corrected chi connectivity index (χ0v) is 21.2. The van der Waals surface area contributed by atoms with Crippen molar-refractivity contribution in [3.63, 3.8) is 0 Å². The maximum atomic E-state index is 13.2. The zero-order chi connectivity index (χ0) is 28.0. The normalized spacial score (nSPS) is 14.3. The zero-order valence-electron chi connectivity index (χ0n) is 21.2. The van der Waals surface area contributed by atoms with Crippen LogP contribution in [0.1, 0.15) is 58.1 Å². The summed E-state index contributed by atoms with van der Waals surface area (Å²) in [6, 6.07) is -4.50. The van der Waals surface area contributed by atoms with Crippen molar-refractivity contribution in [1.82, 2.24) is 25.9 Å². The third-order valence-corrected chi connectivity index (χ3v) is 5.51. The predicted octanol–water partition coefficient (Wildman–Crippen LogP) is -1.14. The molecule has 1 heterocycles. The highest BCUT2D eigenvalue weighted by molar-refractivity contribution is 5.94. The maximum Gasteiger partial charge on any atom is 0.326 e. The van der Waals surface area contributed by atoms with Gasteiger partial charge in [-0.3, -0.25) is 19.2 Å². The minimum absolute atomic E-state index is 0.0109. The summed E-state index contributed by atoms with van der Waals surface area (Å²) in [4.78, 5) is 67.8. The first kappa shape index (κ1) is 31.5. The van der Waals surface area contributed by atoms with E-state index in [2.05, 4.69) is 25.9 Å². The van der Waals surface area contributed by atoms with Gasteiger partial charge in [0.2, 0.25) is 17.7 Å². The Bertz CT molecular complexity index is 892. The molecular formula is C23H39N7O7. The second kappa shape index (κ2) is 16.3. The molecular weight excluding hydrogens is 486 g/mol. The van der Waals surface area contributed by atoms with E-state index < -0.39 is 60.2 Å². The number of amides is 3. The molecule has 10 N–H and O–H groups in total. The van der Waals surface area contributed by atoms with Crippen molar-refractivity contribution in [2.24, 2.45) is 17.4 Å². The molecule has 1 aromatic rings. The molecule has 1 aromatic heterocycles. The van der Waals surface area contributed by atoms with Crippen molar-refractivity contribution in [2.45, 2.75) is 83.0 Å². The van der Waals surface area contributed by atoms with Crippen LogP contribution in [0.4, 0.5) is 0 Å². The summed E-state index contributed by atoms with van der Waals surface area (Å²) in [7, 11) is 0. The van der Waals surface area contributed by atoms with Gasteiger partial charge in [-0.15, -0.1) is 0 Å². The highest BCUT2D eigenvalue weighted by Gasteiger charge is 2.30. The number of H-pyrrole nitrogens is 1. The minimum atomic E-state index is -1.44. The second-order valence-electron chi connectivity index (χ2n) is 9.26. The number of carboxylic acid groups (broad SMARTS) is 2. The Balaban J connectivity index is 2.95. The van der Waals surface area contributed by atoms with Crippen LogP contribution >= 0.6 is 0 Å². The van der Waals surface area contributed by atoms with Gasteiger partial charge in [-0.1, -0.05) is 13.8 Å². The third-order valence-electron chi connectivity index (χ3n) is 5.51. The monoisotopic (exact) mass is 525 g/mol. The van der Waals surface area contributed by atoms with Crippen LogP contribution in [-0.2, 0) is 30.4 Å². The van der Waals surface area contributed by atoms with Gasteiger partial charge < -0.3 is 42.6 Å². The van der Waals surface area contributed by atoms with E-state index in [1.54, 1.807) is 0 Å². The quantitative estimate of drug-likeness (QED) is 0.107. The van der Waals surface area contributed by atoms with Gasteiger partial charge in [0, 0.05) is 24.7 Å². The standard InChI is InChI=1S/C23H39N7O7/c1-13(2)9-18(30-20(33)15(25)10-14-11-26-12-27-14)22(35)28-16(5-3-4-8-24)21(34)29-17(23(36)37)6-7-19(31)32/h11-13,15-18H,3-10,24-25H2,1-2H3,(H,26,27)(H,28,35)(H,29,34)(H,30,33)(H,31,32)(H,36,37). The van der Waals surface area contributed by atoms with Crippen molar-refractivity contribution in [3.05, 3.63) is 18.2 Å². The Morgan fingerprint density at radius 3 is 2.11 bits per heavy atom. The summed E-state index contributed by atoms with van der Waals surface area (Å²) in [6.07, 6.45) is 3.87. The van der Waals surface area contributed by atoms with Crippen LogP contribution in [0.2, 0.25) is 0 Å². The predicted molar refractivity (Wildman–Crippen MR) is 133 cm³/mol. The lowest BCUT2D eigenvalue weighted by Crippen LogP contribution is -2.57. The van der Waals surface area contributed by atoms with E-state index in [4.69, 9.17) is 16.6 Å². The molecule has 1 rings (SSSR count). The number of hydrogen-bond acceptors (Lipinski definition) is 8. The highest BCUT2D eigenvalue weighted by Crippen LogP contribution is 2.09. The maximum absolute atomic E-state index is 13.2. The first-order valence-electron chi connectivity index (χ1n) is 12.2. The first-order valence-corrected chi connectivity index (χ1v) is 12.2. The van der Waals surface area contributed by atoms with Gasteiger partial charge in [0.05, 0.1) is 12.4 Å². The average Bonchev–Trinajstić information content (AvgIpc) is 3.32. The van der Waals surface area contributed by atoms with Crippen molar-refractivity contribution in [2.75, 3.05) is 6.54 Å². The Morgan fingerprint density at radius 1 is 0.946 bits per heavy atom. The van der Waals surface area contributed by atoms with Gasteiger partial charge in [0.15, 0.2) is 0 Å². The van der Waals surface area contributed by atoms with Gasteiger partial charge >= 0.3 is 11.9 Å². The van der Waals surface area contributed by atoms with Crippen molar-refractivity contribution in [3.8, 4) is 0 Å². The SMILES string of the molecule is CC(C)CC(NC(=O)C(N)Cc1cnc[nH]1)C(=O)NC(CCCCN)C(=O)NC(CCC(=O)O)C(=O)O. The number of unbranched alkanes of at least 4 members (excludes halogenated alkanes) is 1. The number of aliphatic carboxylic acids is 2. The number of nitrogens with zero attached hydrogens (tertiary/aromatic N) is 1. The Kier molecular flexibility index (Phi) is 13.9. The average molecular weight is 526 g/mol. The van der Waals surface area contributed by atoms with E-state index in [1.165, 1.54) is 12.5 Å². The number of aromatic amines is 1. The largest absolute Gasteiger partial charge is 0.481 e. The lowest BCUT2D eigenvalue weighted by atomic mass is 10.0. The number of carboxylic acids is 2. The second-order valence-corrected chi connectivity index (χ2v) is 9.26. The van der Waals surface area contributed by atoms with E-state index in [1.807, 2.05) is 13.8 Å². The summed E-state index contributed by atoms with van der Waals surface area (Å²) in [5, 5.41) is 25.8. The molecule has 0 spiro atoms. The summed E-state index contributed by atoms with van der Waals surface area (Å²) in [5.41, 5.74) is 12.2. The number of nitrogens with two attached hydrogens (primary N) is 2. The van der Waals surface area contributed by atoms with Gasteiger partial charge in [-0.05, 0) is 44.6 Å². The van der Waals surface area contributed by atoms with Crippen LogP contribution in [0.25, 0.3) is 0 Å². The van der Waals surface area contributed by atoms with Gasteiger partial charge in [-0.2, -0.15) is 0 Å². The molecule has 0 aromatic carbocycles. The molecule has 0 saturated heterocycles. The fourth-order valence-corrected chi connectivity index (χ4v) is 3.54. The number of carbonyl (C=O) groups is 5. The van der Waals surface area contributed by atoms with E-state index >= 15 is 0 Å². The number of nitrogens with one attached hydrogen (secondary N) is 4. The molecule has 0 radical (unpaired) electrons. The molecule has 0 aliphatic carbocycles. The number of aromatic nitrogens is 2.